The molecule has 0 aromatic heterocycles. The lowest BCUT2D eigenvalue weighted by Crippen LogP contribution is -2.37. The molecule has 2 aliphatic rings. The first-order valence-electron chi connectivity index (χ1n) is 6.07. The van der Waals surface area contributed by atoms with Crippen LogP contribution in [0.1, 0.15) is 45.4 Å². The Labute approximate surface area is 90.7 Å². The van der Waals surface area contributed by atoms with Crippen LogP contribution in [0.4, 0.5) is 4.39 Å². The minimum Gasteiger partial charge on any atom is -0.296 e. The van der Waals surface area contributed by atoms with E-state index < -0.39 is 5.67 Å². The van der Waals surface area contributed by atoms with E-state index in [0.717, 1.165) is 25.7 Å². The van der Waals surface area contributed by atoms with Gasteiger partial charge in [0, 0.05) is 12.3 Å². The van der Waals surface area contributed by atoms with Gasteiger partial charge in [-0.1, -0.05) is 31.9 Å². The molecule has 3 atom stereocenters. The number of allylic oxidation sites excluding steroid dienone is 2. The average Bonchev–Trinajstić information content (AvgIpc) is 2.78. The molecule has 0 N–H and O–H groups in total. The third kappa shape index (κ3) is 1.86. The maximum Gasteiger partial charge on any atom is 0.175 e. The van der Waals surface area contributed by atoms with Crippen LogP contribution in [0.3, 0.4) is 0 Å². The zero-order valence-electron chi connectivity index (χ0n) is 9.34. The van der Waals surface area contributed by atoms with Crippen molar-refractivity contribution < 1.29 is 9.18 Å². The van der Waals surface area contributed by atoms with E-state index in [1.165, 1.54) is 0 Å². The van der Waals surface area contributed by atoms with Crippen LogP contribution in [0.5, 0.6) is 0 Å². The normalized spacial score (nSPS) is 37.5. The second-order valence-corrected chi connectivity index (χ2v) is 4.93. The van der Waals surface area contributed by atoms with Gasteiger partial charge in [-0.15, -0.1) is 0 Å². The van der Waals surface area contributed by atoms with Gasteiger partial charge in [0.15, 0.2) is 11.5 Å². The van der Waals surface area contributed by atoms with Gasteiger partial charge in [0.05, 0.1) is 0 Å². The molecule has 0 unspecified atom stereocenters. The predicted octanol–water partition coefficient (Wildman–Crippen LogP) is 3.44. The molecule has 0 amide bonds. The lowest BCUT2D eigenvalue weighted by molar-refractivity contribution is -0.132. The van der Waals surface area contributed by atoms with Gasteiger partial charge >= 0.3 is 0 Å². The van der Waals surface area contributed by atoms with Crippen LogP contribution in [0.25, 0.3) is 0 Å². The van der Waals surface area contributed by atoms with Gasteiger partial charge in [0.2, 0.25) is 0 Å². The van der Waals surface area contributed by atoms with Crippen LogP contribution >= 0.6 is 0 Å². The van der Waals surface area contributed by atoms with E-state index in [4.69, 9.17) is 0 Å². The molecule has 0 aromatic carbocycles. The Morgan fingerprint density at radius 1 is 1.47 bits per heavy atom. The maximum atomic E-state index is 14.4. The number of unbranched alkanes of at least 4 members (excludes halogenated alkanes) is 2. The number of hydrogen-bond acceptors (Lipinski definition) is 1. The molecule has 2 rings (SSSR count). The van der Waals surface area contributed by atoms with E-state index in [-0.39, 0.29) is 11.7 Å². The summed E-state index contributed by atoms with van der Waals surface area (Å²) in [6.45, 7) is 2.09. The number of carbonyl (C=O) groups excluding carboxylic acids is 1. The van der Waals surface area contributed by atoms with Gasteiger partial charge in [-0.25, -0.2) is 4.39 Å². The fraction of sp³-hybridized carbons (Fsp3) is 0.769. The number of hydrogen-bond donors (Lipinski definition) is 0. The third-order valence-corrected chi connectivity index (χ3v) is 3.79. The molecule has 0 aliphatic heterocycles. The van der Waals surface area contributed by atoms with E-state index >= 15 is 0 Å². The highest BCUT2D eigenvalue weighted by Gasteiger charge is 2.53. The van der Waals surface area contributed by atoms with E-state index in [1.807, 2.05) is 6.08 Å². The van der Waals surface area contributed by atoms with Gasteiger partial charge in [0.1, 0.15) is 0 Å². The summed E-state index contributed by atoms with van der Waals surface area (Å²) in [5, 5.41) is 0. The summed E-state index contributed by atoms with van der Waals surface area (Å²) in [7, 11) is 0. The van der Waals surface area contributed by atoms with Crippen LogP contribution in [-0.4, -0.2) is 11.5 Å². The molecule has 0 aromatic rings. The Kier molecular flexibility index (Phi) is 2.94. The molecule has 0 heterocycles. The highest BCUT2D eigenvalue weighted by molar-refractivity contribution is 5.88. The van der Waals surface area contributed by atoms with Gasteiger partial charge < -0.3 is 0 Å². The van der Waals surface area contributed by atoms with Crippen molar-refractivity contribution in [3.8, 4) is 0 Å². The largest absolute Gasteiger partial charge is 0.296 e. The van der Waals surface area contributed by atoms with Crippen LogP contribution in [0.2, 0.25) is 0 Å². The number of fused-ring (bicyclic) bond motifs is 2. The highest BCUT2D eigenvalue weighted by Crippen LogP contribution is 2.49. The van der Waals surface area contributed by atoms with Crippen LogP contribution < -0.4 is 0 Å². The first-order valence-corrected chi connectivity index (χ1v) is 6.07. The van der Waals surface area contributed by atoms with Gasteiger partial charge in [-0.3, -0.25) is 4.79 Å². The molecule has 1 fully saturated rings. The lowest BCUT2D eigenvalue weighted by Gasteiger charge is -2.25. The van der Waals surface area contributed by atoms with Gasteiger partial charge in [-0.05, 0) is 25.2 Å². The van der Waals surface area contributed by atoms with E-state index in [0.29, 0.717) is 18.8 Å². The summed E-state index contributed by atoms with van der Waals surface area (Å²) >= 11 is 0. The standard InChI is InChI=1S/C13H19FO/c1-2-3-4-5-12(15)13(14)9-10-6-7-11(13)8-10/h6-7,10-11H,2-5,8-9H2,1H3/t10-,11+,13+/m0/s1. The SMILES string of the molecule is CCCCCC(=O)[C@@]1(F)C[C@H]2C=C[C@@H]1C2. The van der Waals surface area contributed by atoms with E-state index in [1.54, 1.807) is 0 Å². The minimum absolute atomic E-state index is 0.114. The summed E-state index contributed by atoms with van der Waals surface area (Å²) in [6, 6.07) is 0. The quantitative estimate of drug-likeness (QED) is 0.502. The average molecular weight is 210 g/mol. The Morgan fingerprint density at radius 3 is 2.80 bits per heavy atom. The van der Waals surface area contributed by atoms with Crippen LogP contribution in [0.15, 0.2) is 12.2 Å². The van der Waals surface area contributed by atoms with Crippen LogP contribution in [0, 0.1) is 11.8 Å². The van der Waals surface area contributed by atoms with E-state index in [2.05, 4.69) is 13.0 Å². The third-order valence-electron chi connectivity index (χ3n) is 3.79. The Hall–Kier alpha value is -0.660. The molecule has 1 nitrogen and oxygen atoms in total. The number of Topliss-reactive ketones (excluding diaryl/α,β-unsaturated/α-hetero) is 1. The number of halogens is 1. The minimum atomic E-state index is -1.51. The summed E-state index contributed by atoms with van der Waals surface area (Å²) < 4.78 is 14.4. The Morgan fingerprint density at radius 2 is 2.27 bits per heavy atom. The first kappa shape index (κ1) is 10.8. The molecular weight excluding hydrogens is 191 g/mol. The topological polar surface area (TPSA) is 17.1 Å². The number of ketones is 1. The molecule has 0 radical (unpaired) electrons. The Balaban J connectivity index is 1.92. The highest BCUT2D eigenvalue weighted by atomic mass is 19.1. The summed E-state index contributed by atoms with van der Waals surface area (Å²) in [5.41, 5.74) is -1.51. The monoisotopic (exact) mass is 210 g/mol. The number of carbonyl (C=O) groups is 1. The second kappa shape index (κ2) is 4.07. The molecule has 84 valence electrons. The second-order valence-electron chi connectivity index (χ2n) is 4.93. The van der Waals surface area contributed by atoms with Crippen molar-refractivity contribution in [1.29, 1.82) is 0 Å². The molecule has 2 heteroatoms. The van der Waals surface area contributed by atoms with Crippen molar-refractivity contribution >= 4 is 5.78 Å². The maximum absolute atomic E-state index is 14.4. The number of rotatable bonds is 5. The molecule has 0 saturated heterocycles. The Bertz CT molecular complexity index is 284. The summed E-state index contributed by atoms with van der Waals surface area (Å²) in [5.74, 6) is 0.0690. The zero-order valence-corrected chi connectivity index (χ0v) is 9.34. The fourth-order valence-corrected chi connectivity index (χ4v) is 2.86. The molecule has 2 bridgehead atoms. The van der Waals surface area contributed by atoms with E-state index in [9.17, 15) is 9.18 Å². The van der Waals surface area contributed by atoms with Gasteiger partial charge in [0.25, 0.3) is 0 Å². The van der Waals surface area contributed by atoms with Crippen molar-refractivity contribution in [2.75, 3.05) is 0 Å². The van der Waals surface area contributed by atoms with Crippen molar-refractivity contribution in [1.82, 2.24) is 0 Å². The molecule has 0 spiro atoms. The zero-order chi connectivity index (χ0) is 10.9. The smallest absolute Gasteiger partial charge is 0.175 e. The lowest BCUT2D eigenvalue weighted by atomic mass is 9.84. The number of alkyl halides is 1. The summed E-state index contributed by atoms with van der Waals surface area (Å²) in [6.07, 6.45) is 8.68. The van der Waals surface area contributed by atoms with Crippen molar-refractivity contribution in [2.45, 2.75) is 51.1 Å². The van der Waals surface area contributed by atoms with Gasteiger partial charge in [-0.2, -0.15) is 0 Å². The first-order chi connectivity index (χ1) is 7.16. The molecule has 15 heavy (non-hydrogen) atoms. The molecule has 2 aliphatic carbocycles. The van der Waals surface area contributed by atoms with Crippen molar-refractivity contribution in [3.63, 3.8) is 0 Å². The summed E-state index contributed by atoms with van der Waals surface area (Å²) in [4.78, 5) is 11.8. The molecular formula is C13H19FO. The molecule has 1 saturated carbocycles. The fourth-order valence-electron chi connectivity index (χ4n) is 2.86. The van der Waals surface area contributed by atoms with Crippen LogP contribution in [-0.2, 0) is 4.79 Å². The van der Waals surface area contributed by atoms with Crippen molar-refractivity contribution in [3.05, 3.63) is 12.2 Å². The van der Waals surface area contributed by atoms with Crippen molar-refractivity contribution in [2.24, 2.45) is 11.8 Å². The predicted molar refractivity (Wildman–Crippen MR) is 58.3 cm³/mol.